The van der Waals surface area contributed by atoms with Gasteiger partial charge in [-0.25, -0.2) is 0 Å². The van der Waals surface area contributed by atoms with Gasteiger partial charge in [-0.15, -0.1) is 0 Å². The Kier molecular flexibility index (Phi) is 10.1. The Hall–Kier alpha value is -4.04. The maximum Gasteiger partial charge on any atom is 0.171 e. The first kappa shape index (κ1) is 34.4. The summed E-state index contributed by atoms with van der Waals surface area (Å²) in [5.41, 5.74) is 0.505. The Morgan fingerprint density at radius 3 is 1.30 bits per heavy atom. The molecule has 50 heavy (non-hydrogen) atoms. The molecule has 1 saturated carbocycles. The van der Waals surface area contributed by atoms with Crippen LogP contribution in [0.25, 0.3) is 11.1 Å². The largest absolute Gasteiger partial charge is 0.506 e. The smallest absolute Gasteiger partial charge is 0.171 e. The molecular weight excluding hydrogens is 701 g/mol. The zero-order chi connectivity index (χ0) is 34.7. The number of hydrogen-bond donors (Lipinski definition) is 1. The minimum absolute atomic E-state index is 0.0558. The average Bonchev–Trinajstić information content (AvgIpc) is 3.18. The molecule has 0 aliphatic heterocycles. The molecule has 4 nitrogen and oxygen atoms in total. The maximum absolute atomic E-state index is 16.2. The molecule has 8 heteroatoms. The van der Waals surface area contributed by atoms with Gasteiger partial charge in [0.2, 0.25) is 0 Å². The highest BCUT2D eigenvalue weighted by atomic mass is 35.5. The fraction of sp³-hybridized carbons (Fsp3) is 0.143. The van der Waals surface area contributed by atoms with Gasteiger partial charge in [-0.2, -0.15) is 0 Å². The summed E-state index contributed by atoms with van der Waals surface area (Å²) in [6, 6.07) is 43.9. The number of phenolic OH excluding ortho intramolecular Hbond substituents is 1. The van der Waals surface area contributed by atoms with Crippen molar-refractivity contribution in [3.05, 3.63) is 156 Å². The molecule has 1 N–H and O–H groups in total. The molecule has 0 bridgehead atoms. The third-order valence-corrected chi connectivity index (χ3v) is 16.2. The molecule has 0 amide bonds. The normalized spacial score (nSPS) is 14.0. The van der Waals surface area contributed by atoms with Crippen LogP contribution in [0, 0.1) is 0 Å². The van der Waals surface area contributed by atoms with Gasteiger partial charge in [0, 0.05) is 43.0 Å². The highest BCUT2D eigenvalue weighted by Gasteiger charge is 2.40. The second-order valence-corrected chi connectivity index (χ2v) is 18.8. The number of aromatic hydroxyl groups is 1. The van der Waals surface area contributed by atoms with Gasteiger partial charge in [-0.3, -0.25) is 0 Å². The molecule has 6 aromatic rings. The number of ether oxygens (including phenoxy) is 1. The first-order chi connectivity index (χ1) is 24.3. The summed E-state index contributed by atoms with van der Waals surface area (Å²) in [7, 11) is -7.44. The fourth-order valence-electron chi connectivity index (χ4n) is 6.99. The van der Waals surface area contributed by atoms with Crippen LogP contribution in [0.1, 0.15) is 32.1 Å². The molecule has 0 spiro atoms. The summed E-state index contributed by atoms with van der Waals surface area (Å²) in [6.45, 7) is 0. The van der Waals surface area contributed by atoms with Crippen molar-refractivity contribution < 1.29 is 19.0 Å². The Morgan fingerprint density at radius 1 is 0.500 bits per heavy atom. The lowest BCUT2D eigenvalue weighted by Crippen LogP contribution is -2.31. The van der Waals surface area contributed by atoms with Crippen LogP contribution >= 0.6 is 37.5 Å². The molecule has 0 atom stereocenters. The molecule has 0 saturated heterocycles. The number of hydrogen-bond acceptors (Lipinski definition) is 4. The van der Waals surface area contributed by atoms with Gasteiger partial charge in [-0.1, -0.05) is 151 Å². The summed E-state index contributed by atoms with van der Waals surface area (Å²) in [4.78, 5) is 0. The predicted molar refractivity (Wildman–Crippen MR) is 210 cm³/mol. The molecule has 0 radical (unpaired) electrons. The van der Waals surface area contributed by atoms with Crippen molar-refractivity contribution in [2.45, 2.75) is 38.2 Å². The summed E-state index contributed by atoms with van der Waals surface area (Å²) in [6.07, 6.45) is 4.65. The summed E-state index contributed by atoms with van der Waals surface area (Å²) < 4.78 is 39.1. The van der Waals surface area contributed by atoms with E-state index in [9.17, 15) is 5.11 Å². The number of benzene rings is 6. The number of phenols is 1. The molecule has 1 aliphatic rings. The summed E-state index contributed by atoms with van der Waals surface area (Å²) >= 11 is 13.9. The molecular formula is C42H36Cl2O4P2. The summed E-state index contributed by atoms with van der Waals surface area (Å²) in [5.74, 6) is -0.00409. The Labute approximate surface area is 303 Å². The van der Waals surface area contributed by atoms with Gasteiger partial charge >= 0.3 is 0 Å². The SMILES string of the molecule is O=P(c1ccccc1)(c1ccccc1)c1ccc(Cl)c(O)c1-c1c(P(=O)(c2ccccc2)c2ccccc2)ccc(Cl)c1OC1CCCCC1. The Balaban J connectivity index is 1.64. The van der Waals surface area contributed by atoms with E-state index >= 15 is 9.13 Å². The van der Waals surface area contributed by atoms with E-state index in [0.717, 1.165) is 32.1 Å². The summed E-state index contributed by atoms with van der Waals surface area (Å²) in [5, 5.41) is 15.6. The van der Waals surface area contributed by atoms with Crippen molar-refractivity contribution >= 4 is 69.3 Å². The second kappa shape index (κ2) is 14.7. The molecule has 252 valence electrons. The van der Waals surface area contributed by atoms with Crippen LogP contribution in [-0.4, -0.2) is 11.2 Å². The third-order valence-electron chi connectivity index (χ3n) is 9.44. The van der Waals surface area contributed by atoms with E-state index in [1.807, 2.05) is 121 Å². The zero-order valence-corrected chi connectivity index (χ0v) is 30.6. The number of halogens is 2. The van der Waals surface area contributed by atoms with Crippen molar-refractivity contribution in [3.63, 3.8) is 0 Å². The molecule has 0 heterocycles. The van der Waals surface area contributed by atoms with Crippen molar-refractivity contribution in [2.75, 3.05) is 0 Å². The quantitative estimate of drug-likeness (QED) is 0.150. The molecule has 1 aliphatic carbocycles. The fourth-order valence-corrected chi connectivity index (χ4v) is 13.1. The second-order valence-electron chi connectivity index (χ2n) is 12.5. The molecule has 6 aromatic carbocycles. The van der Waals surface area contributed by atoms with Crippen molar-refractivity contribution in [2.24, 2.45) is 0 Å². The zero-order valence-electron chi connectivity index (χ0n) is 27.3. The van der Waals surface area contributed by atoms with E-state index in [4.69, 9.17) is 27.9 Å². The first-order valence-electron chi connectivity index (χ1n) is 16.8. The Morgan fingerprint density at radius 2 is 0.880 bits per heavy atom. The van der Waals surface area contributed by atoms with Gasteiger partial charge in [0.15, 0.2) is 14.3 Å². The van der Waals surface area contributed by atoms with Crippen LogP contribution < -0.4 is 36.6 Å². The van der Waals surface area contributed by atoms with E-state index in [1.54, 1.807) is 24.3 Å². The third kappa shape index (κ3) is 6.25. The number of rotatable bonds is 9. The lowest BCUT2D eigenvalue weighted by Gasteiger charge is -2.30. The predicted octanol–water partition coefficient (Wildman–Crippen LogP) is 9.36. The van der Waals surface area contributed by atoms with E-state index in [2.05, 4.69) is 0 Å². The van der Waals surface area contributed by atoms with Gasteiger partial charge < -0.3 is 19.0 Å². The van der Waals surface area contributed by atoms with Gasteiger partial charge in [0.1, 0.15) is 11.5 Å². The molecule has 7 rings (SSSR count). The van der Waals surface area contributed by atoms with E-state index in [0.29, 0.717) is 42.4 Å². The van der Waals surface area contributed by atoms with Crippen LogP contribution in [0.15, 0.2) is 146 Å². The maximum atomic E-state index is 16.2. The molecule has 0 unspecified atom stereocenters. The van der Waals surface area contributed by atoms with Crippen molar-refractivity contribution in [1.29, 1.82) is 0 Å². The molecule has 1 fully saturated rings. The highest BCUT2D eigenvalue weighted by molar-refractivity contribution is 7.86. The minimum Gasteiger partial charge on any atom is -0.506 e. The van der Waals surface area contributed by atoms with Crippen LogP contribution in [0.4, 0.5) is 0 Å². The topological polar surface area (TPSA) is 63.6 Å². The van der Waals surface area contributed by atoms with Gasteiger partial charge in [-0.05, 0) is 49.9 Å². The van der Waals surface area contributed by atoms with Gasteiger partial charge in [0.05, 0.1) is 16.1 Å². The monoisotopic (exact) mass is 736 g/mol. The van der Waals surface area contributed by atoms with Crippen molar-refractivity contribution in [1.82, 2.24) is 0 Å². The van der Waals surface area contributed by atoms with E-state index in [-0.39, 0.29) is 28.2 Å². The van der Waals surface area contributed by atoms with Gasteiger partial charge in [0.25, 0.3) is 0 Å². The lowest BCUT2D eigenvalue weighted by molar-refractivity contribution is 0.156. The minimum atomic E-state index is -3.73. The van der Waals surface area contributed by atoms with E-state index in [1.165, 1.54) is 0 Å². The average molecular weight is 738 g/mol. The highest BCUT2D eigenvalue weighted by Crippen LogP contribution is 2.55. The van der Waals surface area contributed by atoms with E-state index < -0.39 is 14.3 Å². The first-order valence-corrected chi connectivity index (χ1v) is 20.9. The van der Waals surface area contributed by atoms with Crippen LogP contribution in [0.2, 0.25) is 10.0 Å². The van der Waals surface area contributed by atoms with Crippen LogP contribution in [0.5, 0.6) is 11.5 Å². The molecule has 0 aromatic heterocycles. The van der Waals surface area contributed by atoms with Crippen LogP contribution in [-0.2, 0) is 9.13 Å². The standard InChI is InChI=1S/C42H36Cl2O4P2/c43-35-26-28-37(49(46,31-18-8-2-9-19-31)32-20-10-3-11-21-32)39(41(35)45)40-38(29-27-36(44)42(40)48-30-16-6-1-7-17-30)50(47,33-22-12-4-13-23-33)34-24-14-5-15-25-34/h2-5,8-15,18-30,45H,1,6-7,16-17H2. The Bertz CT molecular complexity index is 2120. The lowest BCUT2D eigenvalue weighted by atomic mass is 9.97. The van der Waals surface area contributed by atoms with Crippen LogP contribution in [0.3, 0.4) is 0 Å². The van der Waals surface area contributed by atoms with Crippen molar-refractivity contribution in [3.8, 4) is 22.6 Å².